The van der Waals surface area contributed by atoms with Gasteiger partial charge in [0.15, 0.2) is 0 Å². The Morgan fingerprint density at radius 1 is 1.02 bits per heavy atom. The van der Waals surface area contributed by atoms with Gasteiger partial charge in [-0.3, -0.25) is 14.4 Å². The molecule has 0 aliphatic rings. The lowest BCUT2D eigenvalue weighted by Crippen LogP contribution is -2.35. The lowest BCUT2D eigenvalue weighted by molar-refractivity contribution is -0.140. The number of carboxylic acids is 1. The number of aromatic nitrogens is 2. The molecule has 2 aromatic rings. The number of anilines is 1. The van der Waals surface area contributed by atoms with Crippen LogP contribution in [0.2, 0.25) is 0 Å². The van der Waals surface area contributed by atoms with Crippen molar-refractivity contribution in [2.24, 2.45) is 16.6 Å². The van der Waals surface area contributed by atoms with Crippen LogP contribution in [0.1, 0.15) is 143 Å². The van der Waals surface area contributed by atoms with Crippen LogP contribution in [0.4, 0.5) is 5.69 Å². The highest BCUT2D eigenvalue weighted by Gasteiger charge is 2.25. The van der Waals surface area contributed by atoms with E-state index in [2.05, 4.69) is 53.2 Å². The van der Waals surface area contributed by atoms with Crippen LogP contribution >= 0.6 is 8.81 Å². The second kappa shape index (κ2) is 33.0. The smallest absolute Gasteiger partial charge is 0.303 e. The van der Waals surface area contributed by atoms with Gasteiger partial charge < -0.3 is 56.3 Å². The second-order valence-electron chi connectivity index (χ2n) is 17.2. The summed E-state index contributed by atoms with van der Waals surface area (Å²) in [5.41, 5.74) is 15.2. The Kier molecular flexibility index (Phi) is 30.7. The summed E-state index contributed by atoms with van der Waals surface area (Å²) in [6.45, 7) is 23.1. The van der Waals surface area contributed by atoms with Gasteiger partial charge in [0.2, 0.25) is 18.3 Å². The molecule has 1 aromatic heterocycles. The summed E-state index contributed by atoms with van der Waals surface area (Å²) >= 11 is 0. The van der Waals surface area contributed by atoms with E-state index in [-0.39, 0.29) is 41.1 Å². The number of likely N-dealkylation sites (N-methyl/N-ethyl adjacent to an activating group) is 1. The molecule has 17 heteroatoms. The number of aliphatic hydroxyl groups is 1. The zero-order valence-corrected chi connectivity index (χ0v) is 41.3. The molecule has 1 heterocycles. The summed E-state index contributed by atoms with van der Waals surface area (Å²) in [6.07, 6.45) is 10.2. The zero-order valence-electron chi connectivity index (χ0n) is 40.3. The molecule has 2 rings (SSSR count). The van der Waals surface area contributed by atoms with Crippen molar-refractivity contribution >= 4 is 32.8 Å². The van der Waals surface area contributed by atoms with Crippen LogP contribution in [0, 0.1) is 22.7 Å². The number of carbonyl (C=O) groups excluding carboxylic acids is 2. The van der Waals surface area contributed by atoms with Crippen LogP contribution in [0.15, 0.2) is 42.5 Å². The van der Waals surface area contributed by atoms with Crippen LogP contribution < -0.4 is 26.8 Å². The molecule has 1 aromatic carbocycles. The standard InChI is InChI=1S/C34H53N6O4P.C12H23NO4.CH4O/c1-7-25(6)43-34(45-42)44-31-16-15-28(20-30(31)36)27(8-2)19-29(35)23-37-17-18-40(9-3)32(41)14-12-10-11-13-26-21-38-33(24(4)5)39-22-26;1-11(2,5-10(15)16)7-17-8-12(3,4)6-13-9-14;1-2/h15-16,20-25,27,34,37,42,45H,7-10,12,14,17-19,35-36H2,1-6H3;9H,5-8H2,1-4H3,(H,13,14)(H,15,16);2H,1H3/b29-23-;;. The predicted molar refractivity (Wildman–Crippen MR) is 257 cm³/mol. The third kappa shape index (κ3) is 26.3. The Morgan fingerprint density at radius 2 is 1.67 bits per heavy atom. The van der Waals surface area contributed by atoms with Gasteiger partial charge in [0.25, 0.3) is 0 Å². The van der Waals surface area contributed by atoms with E-state index < -0.39 is 20.8 Å². The van der Waals surface area contributed by atoms with Gasteiger partial charge in [-0.1, -0.05) is 73.3 Å². The van der Waals surface area contributed by atoms with Crippen molar-refractivity contribution in [3.63, 3.8) is 0 Å². The van der Waals surface area contributed by atoms with E-state index in [1.807, 2.05) is 77.8 Å². The lowest BCUT2D eigenvalue weighted by Gasteiger charge is -2.27. The van der Waals surface area contributed by atoms with Crippen LogP contribution in [-0.2, 0) is 23.9 Å². The number of carbonyl (C=O) groups is 3. The molecule has 0 fully saturated rings. The zero-order chi connectivity index (χ0) is 48.7. The van der Waals surface area contributed by atoms with E-state index in [9.17, 15) is 19.3 Å². The van der Waals surface area contributed by atoms with Crippen molar-refractivity contribution in [3.05, 3.63) is 59.4 Å². The molecule has 16 nitrogen and oxygen atoms in total. The number of hydrogen-bond acceptors (Lipinski definition) is 13. The Balaban J connectivity index is 0.00000175. The monoisotopic (exact) mass is 918 g/mol. The number of carboxylic acid groups (broad SMARTS) is 1. The summed E-state index contributed by atoms with van der Waals surface area (Å²) in [4.78, 5) is 53.7. The highest BCUT2D eigenvalue weighted by molar-refractivity contribution is 7.31. The molecule has 64 heavy (non-hydrogen) atoms. The summed E-state index contributed by atoms with van der Waals surface area (Å²) in [7, 11) is 0.484. The number of ether oxygens (including phenoxy) is 3. The SMILES string of the molecule is CC(C)(CNC=O)COCC(C)(C)CC(=O)O.CCC(C)OC(Oc1ccc(C(CC)C/C(N)=C/NCCN(CC)C(=O)CCCC#Cc2cnc(C(C)C)nc2)cc1N)PO.CO. The molecular weight excluding hydrogens is 838 g/mol. The van der Waals surface area contributed by atoms with E-state index in [0.717, 1.165) is 42.6 Å². The third-order valence-corrected chi connectivity index (χ3v) is 10.2. The first-order valence-corrected chi connectivity index (χ1v) is 23.1. The van der Waals surface area contributed by atoms with Gasteiger partial charge in [-0.25, -0.2) is 9.97 Å². The number of allylic oxidation sites excluding steroid dienone is 1. The van der Waals surface area contributed by atoms with Crippen molar-refractivity contribution in [1.82, 2.24) is 25.5 Å². The minimum Gasteiger partial charge on any atom is -0.481 e. The molecule has 0 aliphatic heterocycles. The molecule has 0 radical (unpaired) electrons. The van der Waals surface area contributed by atoms with Crippen molar-refractivity contribution in [2.45, 2.75) is 138 Å². The van der Waals surface area contributed by atoms with Gasteiger partial charge in [0.05, 0.1) is 45.8 Å². The Morgan fingerprint density at radius 3 is 2.22 bits per heavy atom. The number of nitrogens with zero attached hydrogens (tertiary/aromatic N) is 3. The van der Waals surface area contributed by atoms with Crippen molar-refractivity contribution in [3.8, 4) is 17.6 Å². The van der Waals surface area contributed by atoms with Crippen molar-refractivity contribution < 1.29 is 43.7 Å². The minimum absolute atomic E-state index is 0.0283. The van der Waals surface area contributed by atoms with Crippen LogP contribution in [0.25, 0.3) is 0 Å². The van der Waals surface area contributed by atoms with Gasteiger partial charge in [-0.15, -0.1) is 0 Å². The number of amides is 2. The summed E-state index contributed by atoms with van der Waals surface area (Å²) in [5, 5.41) is 21.6. The first-order chi connectivity index (χ1) is 30.3. The first-order valence-electron chi connectivity index (χ1n) is 22.1. The average Bonchev–Trinajstić information content (AvgIpc) is 3.25. The van der Waals surface area contributed by atoms with E-state index >= 15 is 0 Å². The molecule has 0 aliphatic carbocycles. The maximum absolute atomic E-state index is 12.7. The minimum atomic E-state index is -0.819. The molecule has 0 bridgehead atoms. The number of hydrogen-bond donors (Lipinski definition) is 7. The Bertz CT molecular complexity index is 1720. The first kappa shape index (κ1) is 59.5. The van der Waals surface area contributed by atoms with Gasteiger partial charge in [0, 0.05) is 81.8 Å². The van der Waals surface area contributed by atoms with Crippen LogP contribution in [0.3, 0.4) is 0 Å². The average molecular weight is 918 g/mol. The molecule has 9 N–H and O–H groups in total. The maximum atomic E-state index is 12.7. The molecule has 4 atom stereocenters. The van der Waals surface area contributed by atoms with E-state index in [1.54, 1.807) is 12.4 Å². The molecule has 0 saturated heterocycles. The molecule has 4 unspecified atom stereocenters. The number of rotatable bonds is 28. The molecule has 362 valence electrons. The molecule has 0 saturated carbocycles. The van der Waals surface area contributed by atoms with Gasteiger partial charge in [-0.05, 0) is 68.6 Å². The Hall–Kier alpha value is -4.52. The van der Waals surface area contributed by atoms with Crippen LogP contribution in [-0.4, -0.2) is 107 Å². The number of benzene rings is 1. The molecule has 0 spiro atoms. The fourth-order valence-corrected chi connectivity index (χ4v) is 6.40. The largest absolute Gasteiger partial charge is 0.481 e. The van der Waals surface area contributed by atoms with Crippen LogP contribution in [0.5, 0.6) is 5.75 Å². The second-order valence-corrected chi connectivity index (χ2v) is 17.9. The number of nitrogens with one attached hydrogen (secondary N) is 2. The van der Waals surface area contributed by atoms with E-state index in [1.165, 1.54) is 0 Å². The number of nitrogens with two attached hydrogens (primary N) is 2. The molecular formula is C47H80N7O9P. The highest BCUT2D eigenvalue weighted by Crippen LogP contribution is 2.33. The highest BCUT2D eigenvalue weighted by atomic mass is 31.1. The molecule has 2 amide bonds. The fourth-order valence-electron chi connectivity index (χ4n) is 5.92. The maximum Gasteiger partial charge on any atom is 0.303 e. The summed E-state index contributed by atoms with van der Waals surface area (Å²) in [6, 6.07) is 4.96. The number of aliphatic hydroxyl groups excluding tert-OH is 1. The number of aliphatic carboxylic acids is 1. The number of nitrogen functional groups attached to an aromatic ring is 1. The summed E-state index contributed by atoms with van der Waals surface area (Å²) < 4.78 is 17.1. The van der Waals surface area contributed by atoms with Crippen molar-refractivity contribution in [2.75, 3.05) is 52.2 Å². The predicted octanol–water partition coefficient (Wildman–Crippen LogP) is 6.47. The quantitative estimate of drug-likeness (QED) is 0.0121. The normalized spacial score (nSPS) is 13.0. The fraction of sp³-hybridized carbons (Fsp3) is 0.638. The van der Waals surface area contributed by atoms with Gasteiger partial charge in [-0.2, -0.15) is 0 Å². The third-order valence-electron chi connectivity index (χ3n) is 9.69. The summed E-state index contributed by atoms with van der Waals surface area (Å²) in [5.74, 6) is 7.26. The topological polar surface area (TPSA) is 245 Å². The number of unbranched alkanes of at least 4 members (excludes halogenated alkanes) is 1. The van der Waals surface area contributed by atoms with Gasteiger partial charge in [0.1, 0.15) is 11.6 Å². The van der Waals surface area contributed by atoms with E-state index in [0.29, 0.717) is 82.9 Å². The van der Waals surface area contributed by atoms with Crippen molar-refractivity contribution in [1.29, 1.82) is 0 Å². The van der Waals surface area contributed by atoms with Gasteiger partial charge >= 0.3 is 5.97 Å². The lowest BCUT2D eigenvalue weighted by atomic mass is 9.90. The Labute approximate surface area is 385 Å². The van der Waals surface area contributed by atoms with E-state index in [4.69, 9.17) is 35.9 Å².